The van der Waals surface area contributed by atoms with E-state index in [1.54, 1.807) is 0 Å². The van der Waals surface area contributed by atoms with Gasteiger partial charge >= 0.3 is 0 Å². The summed E-state index contributed by atoms with van der Waals surface area (Å²) in [6.45, 7) is 4.61. The molecular formula is C20H22BrNO4. The van der Waals surface area contributed by atoms with Crippen LogP contribution in [0.2, 0.25) is 0 Å². The molecule has 1 fully saturated rings. The van der Waals surface area contributed by atoms with Gasteiger partial charge in [0.1, 0.15) is 5.75 Å². The molecule has 0 N–H and O–H groups in total. The average Bonchev–Trinajstić information content (AvgIpc) is 3.13. The number of hydrogen-bond donors (Lipinski definition) is 0. The third kappa shape index (κ3) is 4.31. The van der Waals surface area contributed by atoms with Gasteiger partial charge in [-0.05, 0) is 36.2 Å². The standard InChI is InChI=1S/C20H22BrNO4/c21-16-4-1-3-15(11-16)20-13-22(8-10-24-20)7-2-9-23-17-5-6-18-19(12-17)26-14-25-18/h1,3-6,11-12,20H,2,7-10,13-14H2. The summed E-state index contributed by atoms with van der Waals surface area (Å²) in [5.41, 5.74) is 1.22. The molecule has 2 aliphatic heterocycles. The van der Waals surface area contributed by atoms with Gasteiger partial charge in [-0.25, -0.2) is 0 Å². The highest BCUT2D eigenvalue weighted by atomic mass is 79.9. The molecule has 0 aliphatic carbocycles. The fourth-order valence-corrected chi connectivity index (χ4v) is 3.68. The SMILES string of the molecule is Brc1cccc(C2CN(CCCOc3ccc4c(c3)OCO4)CCO2)c1. The van der Waals surface area contributed by atoms with E-state index in [2.05, 4.69) is 39.0 Å². The first kappa shape index (κ1) is 17.6. The van der Waals surface area contributed by atoms with Crippen LogP contribution in [0.4, 0.5) is 0 Å². The van der Waals surface area contributed by atoms with E-state index in [1.165, 1.54) is 5.56 Å². The fraction of sp³-hybridized carbons (Fsp3) is 0.400. The molecule has 4 rings (SSSR count). The molecule has 1 saturated heterocycles. The number of halogens is 1. The van der Waals surface area contributed by atoms with Crippen LogP contribution >= 0.6 is 15.9 Å². The summed E-state index contributed by atoms with van der Waals surface area (Å²) in [4.78, 5) is 2.44. The van der Waals surface area contributed by atoms with E-state index in [-0.39, 0.29) is 12.9 Å². The second-order valence-electron chi connectivity index (χ2n) is 6.43. The van der Waals surface area contributed by atoms with Crippen LogP contribution in [0.1, 0.15) is 18.1 Å². The van der Waals surface area contributed by atoms with Crippen molar-refractivity contribution >= 4 is 15.9 Å². The van der Waals surface area contributed by atoms with E-state index in [0.29, 0.717) is 6.61 Å². The lowest BCUT2D eigenvalue weighted by Gasteiger charge is -2.33. The molecule has 6 heteroatoms. The summed E-state index contributed by atoms with van der Waals surface area (Å²) in [7, 11) is 0. The molecule has 2 aromatic carbocycles. The molecule has 2 aliphatic rings. The predicted octanol–water partition coefficient (Wildman–Crippen LogP) is 4.02. The van der Waals surface area contributed by atoms with E-state index in [0.717, 1.165) is 54.4 Å². The van der Waals surface area contributed by atoms with Crippen molar-refractivity contribution < 1.29 is 18.9 Å². The number of ether oxygens (including phenoxy) is 4. The van der Waals surface area contributed by atoms with Crippen molar-refractivity contribution in [3.63, 3.8) is 0 Å². The van der Waals surface area contributed by atoms with Crippen LogP contribution < -0.4 is 14.2 Å². The summed E-state index contributed by atoms with van der Waals surface area (Å²) in [6, 6.07) is 14.1. The van der Waals surface area contributed by atoms with Gasteiger partial charge in [0.05, 0.1) is 19.3 Å². The molecule has 0 aromatic heterocycles. The van der Waals surface area contributed by atoms with Crippen LogP contribution in [0, 0.1) is 0 Å². The number of morpholine rings is 1. The summed E-state index contributed by atoms with van der Waals surface area (Å²) in [5, 5.41) is 0. The largest absolute Gasteiger partial charge is 0.493 e. The second kappa shape index (κ2) is 8.29. The summed E-state index contributed by atoms with van der Waals surface area (Å²) >= 11 is 3.53. The molecule has 0 amide bonds. The number of rotatable bonds is 6. The van der Waals surface area contributed by atoms with E-state index >= 15 is 0 Å². The minimum atomic E-state index is 0.135. The number of fused-ring (bicyclic) bond motifs is 1. The van der Waals surface area contributed by atoms with Gasteiger partial charge in [-0.3, -0.25) is 4.90 Å². The molecule has 0 saturated carbocycles. The van der Waals surface area contributed by atoms with Crippen molar-refractivity contribution in [2.75, 3.05) is 39.6 Å². The predicted molar refractivity (Wildman–Crippen MR) is 102 cm³/mol. The second-order valence-corrected chi connectivity index (χ2v) is 7.35. The minimum Gasteiger partial charge on any atom is -0.493 e. The molecule has 2 aromatic rings. The normalized spacial score (nSPS) is 19.5. The Labute approximate surface area is 161 Å². The highest BCUT2D eigenvalue weighted by molar-refractivity contribution is 9.10. The summed E-state index contributed by atoms with van der Waals surface area (Å²) < 4.78 is 23.6. The third-order valence-electron chi connectivity index (χ3n) is 4.60. The monoisotopic (exact) mass is 419 g/mol. The Kier molecular flexibility index (Phi) is 5.62. The van der Waals surface area contributed by atoms with Crippen molar-refractivity contribution in [2.45, 2.75) is 12.5 Å². The molecule has 0 bridgehead atoms. The zero-order chi connectivity index (χ0) is 17.8. The highest BCUT2D eigenvalue weighted by Gasteiger charge is 2.21. The lowest BCUT2D eigenvalue weighted by Crippen LogP contribution is -2.39. The maximum Gasteiger partial charge on any atom is 0.231 e. The lowest BCUT2D eigenvalue weighted by atomic mass is 10.1. The Hall–Kier alpha value is -1.76. The zero-order valence-electron chi connectivity index (χ0n) is 14.5. The topological polar surface area (TPSA) is 40.2 Å². The maximum absolute atomic E-state index is 5.95. The first-order valence-corrected chi connectivity index (χ1v) is 9.69. The fourth-order valence-electron chi connectivity index (χ4n) is 3.26. The smallest absolute Gasteiger partial charge is 0.231 e. The van der Waals surface area contributed by atoms with Crippen LogP contribution in [0.3, 0.4) is 0 Å². The van der Waals surface area contributed by atoms with Gasteiger partial charge in [0.2, 0.25) is 6.79 Å². The number of hydrogen-bond acceptors (Lipinski definition) is 5. The number of benzene rings is 2. The van der Waals surface area contributed by atoms with Crippen molar-refractivity contribution in [3.8, 4) is 17.2 Å². The molecule has 138 valence electrons. The van der Waals surface area contributed by atoms with Crippen molar-refractivity contribution in [2.24, 2.45) is 0 Å². The Bertz CT molecular complexity index is 754. The molecule has 0 spiro atoms. The Morgan fingerprint density at radius 3 is 2.96 bits per heavy atom. The van der Waals surface area contributed by atoms with Crippen LogP contribution in [-0.2, 0) is 4.74 Å². The van der Waals surface area contributed by atoms with Gasteiger partial charge in [-0.2, -0.15) is 0 Å². The van der Waals surface area contributed by atoms with Gasteiger partial charge in [0.15, 0.2) is 11.5 Å². The lowest BCUT2D eigenvalue weighted by molar-refractivity contribution is -0.0310. The first-order valence-electron chi connectivity index (χ1n) is 8.90. The van der Waals surface area contributed by atoms with E-state index in [4.69, 9.17) is 18.9 Å². The number of nitrogens with zero attached hydrogens (tertiary/aromatic N) is 1. The van der Waals surface area contributed by atoms with E-state index in [1.807, 2.05) is 24.3 Å². The zero-order valence-corrected chi connectivity index (χ0v) is 16.1. The van der Waals surface area contributed by atoms with Crippen molar-refractivity contribution in [3.05, 3.63) is 52.5 Å². The van der Waals surface area contributed by atoms with Crippen molar-refractivity contribution in [1.82, 2.24) is 4.90 Å². The quantitative estimate of drug-likeness (QED) is 0.661. The summed E-state index contributed by atoms with van der Waals surface area (Å²) in [6.07, 6.45) is 1.11. The van der Waals surface area contributed by atoms with Crippen LogP contribution in [0.25, 0.3) is 0 Å². The van der Waals surface area contributed by atoms with Gasteiger partial charge in [-0.1, -0.05) is 28.1 Å². The molecule has 26 heavy (non-hydrogen) atoms. The molecule has 1 unspecified atom stereocenters. The van der Waals surface area contributed by atoms with Crippen LogP contribution in [0.15, 0.2) is 46.9 Å². The van der Waals surface area contributed by atoms with Crippen molar-refractivity contribution in [1.29, 1.82) is 0 Å². The molecular weight excluding hydrogens is 398 g/mol. The molecule has 0 radical (unpaired) electrons. The Morgan fingerprint density at radius 1 is 1.12 bits per heavy atom. The van der Waals surface area contributed by atoms with E-state index < -0.39 is 0 Å². The molecule has 2 heterocycles. The third-order valence-corrected chi connectivity index (χ3v) is 5.10. The molecule has 1 atom stereocenters. The average molecular weight is 420 g/mol. The minimum absolute atomic E-state index is 0.135. The Balaban J connectivity index is 1.23. The van der Waals surface area contributed by atoms with Crippen LogP contribution in [-0.4, -0.2) is 44.5 Å². The van der Waals surface area contributed by atoms with Gasteiger partial charge < -0.3 is 18.9 Å². The molecule has 5 nitrogen and oxygen atoms in total. The first-order chi connectivity index (χ1) is 12.8. The van der Waals surface area contributed by atoms with Gasteiger partial charge in [-0.15, -0.1) is 0 Å². The van der Waals surface area contributed by atoms with Gasteiger partial charge in [0.25, 0.3) is 0 Å². The Morgan fingerprint density at radius 2 is 2.04 bits per heavy atom. The van der Waals surface area contributed by atoms with Crippen LogP contribution in [0.5, 0.6) is 17.2 Å². The maximum atomic E-state index is 5.95. The van der Waals surface area contributed by atoms with Gasteiger partial charge in [0, 0.05) is 30.2 Å². The summed E-state index contributed by atoms with van der Waals surface area (Å²) in [5.74, 6) is 2.36. The van der Waals surface area contributed by atoms with E-state index in [9.17, 15) is 0 Å². The highest BCUT2D eigenvalue weighted by Crippen LogP contribution is 2.35.